The third-order valence-corrected chi connectivity index (χ3v) is 2.74. The molecule has 0 aliphatic carbocycles. The molecule has 3 nitrogen and oxygen atoms in total. The van der Waals surface area contributed by atoms with E-state index in [9.17, 15) is 4.79 Å². The summed E-state index contributed by atoms with van der Waals surface area (Å²) in [5.74, 6) is -0.882. The molecule has 4 heteroatoms. The van der Waals surface area contributed by atoms with E-state index in [1.165, 1.54) is 5.56 Å². The SMILES string of the molecule is Cl.O=C(O)c1ccccc1CNCc1ccccc1. The number of nitrogens with one attached hydrogen (secondary N) is 1. The van der Waals surface area contributed by atoms with E-state index in [-0.39, 0.29) is 12.4 Å². The van der Waals surface area contributed by atoms with Crippen LogP contribution in [-0.4, -0.2) is 11.1 Å². The fourth-order valence-corrected chi connectivity index (χ4v) is 1.82. The summed E-state index contributed by atoms with van der Waals surface area (Å²) in [7, 11) is 0. The number of carboxylic acid groups (broad SMARTS) is 1. The number of carboxylic acids is 1. The van der Waals surface area contributed by atoms with Crippen molar-refractivity contribution in [1.29, 1.82) is 0 Å². The first-order valence-electron chi connectivity index (χ1n) is 5.83. The molecule has 0 radical (unpaired) electrons. The number of aromatic carboxylic acids is 1. The molecular formula is C15H16ClNO2. The second-order valence-electron chi connectivity index (χ2n) is 4.05. The van der Waals surface area contributed by atoms with Crippen molar-refractivity contribution in [3.05, 3.63) is 71.3 Å². The van der Waals surface area contributed by atoms with Crippen LogP contribution in [-0.2, 0) is 13.1 Å². The van der Waals surface area contributed by atoms with Crippen molar-refractivity contribution in [3.63, 3.8) is 0 Å². The molecule has 0 atom stereocenters. The minimum Gasteiger partial charge on any atom is -0.478 e. The van der Waals surface area contributed by atoms with Crippen LogP contribution in [0.5, 0.6) is 0 Å². The van der Waals surface area contributed by atoms with Crippen LogP contribution >= 0.6 is 12.4 Å². The van der Waals surface area contributed by atoms with Crippen molar-refractivity contribution in [2.75, 3.05) is 0 Å². The summed E-state index contributed by atoms with van der Waals surface area (Å²) in [4.78, 5) is 11.0. The van der Waals surface area contributed by atoms with Gasteiger partial charge in [0.05, 0.1) is 5.56 Å². The molecule has 0 amide bonds. The maximum absolute atomic E-state index is 11.0. The third kappa shape index (κ3) is 4.39. The van der Waals surface area contributed by atoms with Gasteiger partial charge in [0.15, 0.2) is 0 Å². The quantitative estimate of drug-likeness (QED) is 0.883. The number of rotatable bonds is 5. The van der Waals surface area contributed by atoms with Crippen molar-refractivity contribution in [2.24, 2.45) is 0 Å². The van der Waals surface area contributed by atoms with Crippen LogP contribution in [0.2, 0.25) is 0 Å². The molecule has 2 aromatic carbocycles. The van der Waals surface area contributed by atoms with Crippen LogP contribution in [0.4, 0.5) is 0 Å². The van der Waals surface area contributed by atoms with Gasteiger partial charge < -0.3 is 10.4 Å². The average molecular weight is 278 g/mol. The summed E-state index contributed by atoms with van der Waals surface area (Å²) in [6.07, 6.45) is 0. The summed E-state index contributed by atoms with van der Waals surface area (Å²) in [5, 5.41) is 12.3. The Bertz CT molecular complexity index is 529. The fourth-order valence-electron chi connectivity index (χ4n) is 1.82. The highest BCUT2D eigenvalue weighted by molar-refractivity contribution is 5.89. The number of carbonyl (C=O) groups is 1. The van der Waals surface area contributed by atoms with E-state index in [4.69, 9.17) is 5.11 Å². The molecule has 100 valence electrons. The van der Waals surface area contributed by atoms with Gasteiger partial charge in [-0.25, -0.2) is 4.79 Å². The molecule has 19 heavy (non-hydrogen) atoms. The lowest BCUT2D eigenvalue weighted by Crippen LogP contribution is -2.15. The van der Waals surface area contributed by atoms with Gasteiger partial charge in [0.25, 0.3) is 0 Å². The number of benzene rings is 2. The van der Waals surface area contributed by atoms with Gasteiger partial charge in [-0.3, -0.25) is 0 Å². The molecule has 0 unspecified atom stereocenters. The molecule has 0 heterocycles. The fraction of sp³-hybridized carbons (Fsp3) is 0.133. The molecular weight excluding hydrogens is 262 g/mol. The largest absolute Gasteiger partial charge is 0.478 e. The molecule has 0 saturated carbocycles. The van der Waals surface area contributed by atoms with Crippen molar-refractivity contribution < 1.29 is 9.90 Å². The summed E-state index contributed by atoms with van der Waals surface area (Å²) in [6.45, 7) is 1.28. The molecule has 2 N–H and O–H groups in total. The Hall–Kier alpha value is -1.84. The average Bonchev–Trinajstić information content (AvgIpc) is 2.40. The van der Waals surface area contributed by atoms with Crippen LogP contribution in [0.15, 0.2) is 54.6 Å². The summed E-state index contributed by atoms with van der Waals surface area (Å²) in [5.41, 5.74) is 2.35. The van der Waals surface area contributed by atoms with Crippen LogP contribution in [0, 0.1) is 0 Å². The minimum atomic E-state index is -0.882. The first-order chi connectivity index (χ1) is 8.77. The first-order valence-corrected chi connectivity index (χ1v) is 5.83. The predicted molar refractivity (Wildman–Crippen MR) is 77.6 cm³/mol. The Labute approximate surface area is 118 Å². The lowest BCUT2D eigenvalue weighted by atomic mass is 10.1. The van der Waals surface area contributed by atoms with E-state index in [0.29, 0.717) is 12.1 Å². The zero-order valence-corrected chi connectivity index (χ0v) is 11.2. The smallest absolute Gasteiger partial charge is 0.336 e. The number of hydrogen-bond acceptors (Lipinski definition) is 2. The molecule has 0 bridgehead atoms. The van der Waals surface area contributed by atoms with Gasteiger partial charge in [-0.15, -0.1) is 12.4 Å². The Morgan fingerprint density at radius 3 is 2.26 bits per heavy atom. The Kier molecular flexibility index (Phi) is 6.06. The van der Waals surface area contributed by atoms with Crippen LogP contribution < -0.4 is 5.32 Å². The zero-order valence-electron chi connectivity index (χ0n) is 10.4. The summed E-state index contributed by atoms with van der Waals surface area (Å²) < 4.78 is 0. The van der Waals surface area contributed by atoms with Gasteiger partial charge >= 0.3 is 5.97 Å². The molecule has 2 aromatic rings. The maximum atomic E-state index is 11.0. The Balaban J connectivity index is 0.00000180. The standard InChI is InChI=1S/C15H15NO2.ClH/c17-15(18)14-9-5-4-8-13(14)11-16-10-12-6-2-1-3-7-12;/h1-9,16H,10-11H2,(H,17,18);1H. The second kappa shape index (κ2) is 7.56. The summed E-state index contributed by atoms with van der Waals surface area (Å²) >= 11 is 0. The highest BCUT2D eigenvalue weighted by atomic mass is 35.5. The number of halogens is 1. The molecule has 0 spiro atoms. The van der Waals surface area contributed by atoms with Crippen LogP contribution in [0.3, 0.4) is 0 Å². The molecule has 0 aliphatic rings. The lowest BCUT2D eigenvalue weighted by molar-refractivity contribution is 0.0695. The van der Waals surface area contributed by atoms with Crippen molar-refractivity contribution in [3.8, 4) is 0 Å². The predicted octanol–water partition coefficient (Wildman–Crippen LogP) is 3.10. The Morgan fingerprint density at radius 1 is 0.947 bits per heavy atom. The van der Waals surface area contributed by atoms with Gasteiger partial charge in [-0.05, 0) is 17.2 Å². The molecule has 0 fully saturated rings. The minimum absolute atomic E-state index is 0. The van der Waals surface area contributed by atoms with E-state index < -0.39 is 5.97 Å². The van der Waals surface area contributed by atoms with E-state index in [1.807, 2.05) is 42.5 Å². The van der Waals surface area contributed by atoms with Crippen molar-refractivity contribution >= 4 is 18.4 Å². The highest BCUT2D eigenvalue weighted by Crippen LogP contribution is 2.08. The zero-order chi connectivity index (χ0) is 12.8. The number of hydrogen-bond donors (Lipinski definition) is 2. The summed E-state index contributed by atoms with van der Waals surface area (Å²) in [6, 6.07) is 17.1. The van der Waals surface area contributed by atoms with Crippen molar-refractivity contribution in [1.82, 2.24) is 5.32 Å². The van der Waals surface area contributed by atoms with Crippen molar-refractivity contribution in [2.45, 2.75) is 13.1 Å². The highest BCUT2D eigenvalue weighted by Gasteiger charge is 2.07. The molecule has 0 aliphatic heterocycles. The second-order valence-corrected chi connectivity index (χ2v) is 4.05. The first kappa shape index (κ1) is 15.2. The molecule has 0 saturated heterocycles. The topological polar surface area (TPSA) is 49.3 Å². The van der Waals surface area contributed by atoms with Gasteiger partial charge in [-0.2, -0.15) is 0 Å². The van der Waals surface area contributed by atoms with Gasteiger partial charge in [0, 0.05) is 13.1 Å². The van der Waals surface area contributed by atoms with Crippen LogP contribution in [0.25, 0.3) is 0 Å². The van der Waals surface area contributed by atoms with Gasteiger partial charge in [-0.1, -0.05) is 48.5 Å². The van der Waals surface area contributed by atoms with E-state index in [0.717, 1.165) is 12.1 Å². The van der Waals surface area contributed by atoms with Crippen LogP contribution in [0.1, 0.15) is 21.5 Å². The van der Waals surface area contributed by atoms with Gasteiger partial charge in [0.1, 0.15) is 0 Å². The van der Waals surface area contributed by atoms with E-state index in [2.05, 4.69) is 5.32 Å². The monoisotopic (exact) mass is 277 g/mol. The van der Waals surface area contributed by atoms with E-state index in [1.54, 1.807) is 12.1 Å². The normalized spacial score (nSPS) is 9.68. The lowest BCUT2D eigenvalue weighted by Gasteiger charge is -2.07. The maximum Gasteiger partial charge on any atom is 0.336 e. The Morgan fingerprint density at radius 2 is 1.58 bits per heavy atom. The van der Waals surface area contributed by atoms with Gasteiger partial charge in [0.2, 0.25) is 0 Å². The third-order valence-electron chi connectivity index (χ3n) is 2.74. The van der Waals surface area contributed by atoms with E-state index >= 15 is 0 Å². The molecule has 2 rings (SSSR count). The molecule has 0 aromatic heterocycles.